The lowest BCUT2D eigenvalue weighted by Crippen LogP contribution is -2.64. The topological polar surface area (TPSA) is 104 Å². The zero-order chi connectivity index (χ0) is 23.8. The molecule has 1 atom stereocenters. The number of hydrogen-bond acceptors (Lipinski definition) is 6. The average molecular weight is 502 g/mol. The molecular weight excluding hydrogens is 478 g/mol. The number of alkyl halides is 4. The Labute approximate surface area is 199 Å². The van der Waals surface area contributed by atoms with Gasteiger partial charge in [0.15, 0.2) is 0 Å². The number of aromatic nitrogens is 1. The summed E-state index contributed by atoms with van der Waals surface area (Å²) in [6.45, 7) is 0.356. The number of ketones is 1. The van der Waals surface area contributed by atoms with E-state index in [1.165, 1.54) is 23.2 Å². The Bertz CT molecular complexity index is 1040. The van der Waals surface area contributed by atoms with Crippen molar-refractivity contribution in [3.05, 3.63) is 41.4 Å². The van der Waals surface area contributed by atoms with Crippen molar-refractivity contribution >= 4 is 31.1 Å². The van der Waals surface area contributed by atoms with E-state index in [1.807, 2.05) is 0 Å². The van der Waals surface area contributed by atoms with E-state index in [-0.39, 0.29) is 51.0 Å². The molecule has 1 aromatic heterocycles. The molecule has 1 aliphatic carbocycles. The zero-order valence-electron chi connectivity index (χ0n) is 17.9. The SMILES string of the molecule is O=C(NC1(C2=CCN=N2)CC(F)(F)C1)C(=O)N1CC[C@H](C(=O)Cc2ccnc(C(F)F)c2)C1.S. The highest BCUT2D eigenvalue weighted by Crippen LogP contribution is 2.50. The van der Waals surface area contributed by atoms with Crippen LogP contribution in [0, 0.1) is 5.92 Å². The molecule has 2 aliphatic heterocycles. The molecule has 3 aliphatic rings. The van der Waals surface area contributed by atoms with Crippen LogP contribution < -0.4 is 5.32 Å². The Morgan fingerprint density at radius 3 is 2.59 bits per heavy atom. The van der Waals surface area contributed by atoms with E-state index in [9.17, 15) is 31.9 Å². The Morgan fingerprint density at radius 2 is 1.97 bits per heavy atom. The monoisotopic (exact) mass is 501 g/mol. The summed E-state index contributed by atoms with van der Waals surface area (Å²) in [5.74, 6) is -5.74. The summed E-state index contributed by atoms with van der Waals surface area (Å²) in [5, 5.41) is 9.95. The molecule has 13 heteroatoms. The van der Waals surface area contributed by atoms with Crippen molar-refractivity contribution < 1.29 is 31.9 Å². The Hall–Kier alpha value is -2.83. The minimum Gasteiger partial charge on any atom is -0.336 e. The lowest BCUT2D eigenvalue weighted by atomic mass is 9.71. The van der Waals surface area contributed by atoms with Crippen LogP contribution >= 0.6 is 13.5 Å². The van der Waals surface area contributed by atoms with Gasteiger partial charge in [0.2, 0.25) is 0 Å². The van der Waals surface area contributed by atoms with Crippen LogP contribution in [0.25, 0.3) is 0 Å². The van der Waals surface area contributed by atoms with Crippen molar-refractivity contribution in [3.63, 3.8) is 0 Å². The van der Waals surface area contributed by atoms with Crippen molar-refractivity contribution in [2.24, 2.45) is 16.1 Å². The molecule has 0 aromatic carbocycles. The first kappa shape index (κ1) is 25.8. The molecule has 3 heterocycles. The predicted octanol–water partition coefficient (Wildman–Crippen LogP) is 2.73. The second-order valence-electron chi connectivity index (χ2n) is 8.53. The first-order valence-corrected chi connectivity index (χ1v) is 10.4. The molecule has 2 fully saturated rings. The third-order valence-corrected chi connectivity index (χ3v) is 6.08. The maximum Gasteiger partial charge on any atom is 0.311 e. The molecule has 1 N–H and O–H groups in total. The minimum atomic E-state index is -2.97. The molecule has 8 nitrogen and oxygen atoms in total. The molecular formula is C21H23F4N5O3S. The van der Waals surface area contributed by atoms with Gasteiger partial charge in [-0.3, -0.25) is 19.4 Å². The summed E-state index contributed by atoms with van der Waals surface area (Å²) in [5.41, 5.74) is -1.26. The van der Waals surface area contributed by atoms with Crippen LogP contribution in [0.1, 0.15) is 36.9 Å². The normalized spacial score (nSPS) is 22.1. The van der Waals surface area contributed by atoms with Crippen molar-refractivity contribution in [1.82, 2.24) is 15.2 Å². The van der Waals surface area contributed by atoms with Gasteiger partial charge in [-0.2, -0.15) is 23.7 Å². The second-order valence-corrected chi connectivity index (χ2v) is 8.53. The number of pyridine rings is 1. The number of carbonyl (C=O) groups excluding carboxylic acids is 3. The molecule has 184 valence electrons. The summed E-state index contributed by atoms with van der Waals surface area (Å²) >= 11 is 0. The van der Waals surface area contributed by atoms with Crippen LogP contribution in [0.3, 0.4) is 0 Å². The molecule has 1 aromatic rings. The highest BCUT2D eigenvalue weighted by Gasteiger charge is 2.60. The molecule has 0 radical (unpaired) electrons. The van der Waals surface area contributed by atoms with Gasteiger partial charge in [-0.25, -0.2) is 17.6 Å². The van der Waals surface area contributed by atoms with Crippen LogP contribution in [0.2, 0.25) is 0 Å². The number of azo groups is 1. The second kappa shape index (κ2) is 9.80. The molecule has 2 amide bonds. The number of nitrogens with zero attached hydrogens (tertiary/aromatic N) is 4. The Balaban J connectivity index is 0.00000324. The Morgan fingerprint density at radius 1 is 1.24 bits per heavy atom. The molecule has 4 rings (SSSR count). The van der Waals surface area contributed by atoms with Crippen LogP contribution in [0.4, 0.5) is 17.6 Å². The van der Waals surface area contributed by atoms with E-state index in [0.717, 1.165) is 6.07 Å². The standard InChI is InChI=1S/C21H21F4N5O3.H2S/c22-17(23)14-7-12(1-4-26-14)8-15(31)13-3-6-30(9-13)19(33)18(32)28-20(10-21(24,25)11-20)16-2-5-27-29-16;/h1-2,4,7,13,17H,3,5-6,8-11H2,(H,28,32);1H2/t13-;/m0./s1. The molecule has 1 saturated carbocycles. The number of hydrogen-bond donors (Lipinski definition) is 1. The van der Waals surface area contributed by atoms with E-state index >= 15 is 0 Å². The molecule has 1 saturated heterocycles. The summed E-state index contributed by atoms with van der Waals surface area (Å²) in [7, 11) is 0. The zero-order valence-corrected chi connectivity index (χ0v) is 18.9. The third-order valence-electron chi connectivity index (χ3n) is 6.08. The number of rotatable bonds is 6. The summed E-state index contributed by atoms with van der Waals surface area (Å²) in [4.78, 5) is 42.6. The third kappa shape index (κ3) is 5.29. The average Bonchev–Trinajstić information content (AvgIpc) is 3.44. The van der Waals surface area contributed by atoms with Crippen molar-refractivity contribution in [3.8, 4) is 0 Å². The van der Waals surface area contributed by atoms with Gasteiger partial charge in [0.1, 0.15) is 11.5 Å². The fourth-order valence-electron chi connectivity index (χ4n) is 4.43. The number of nitrogens with one attached hydrogen (secondary N) is 1. The maximum atomic E-state index is 13.6. The van der Waals surface area contributed by atoms with E-state index in [0.29, 0.717) is 12.0 Å². The van der Waals surface area contributed by atoms with Gasteiger partial charge in [0.05, 0.1) is 17.8 Å². The van der Waals surface area contributed by atoms with Crippen molar-refractivity contribution in [2.45, 2.75) is 43.6 Å². The van der Waals surface area contributed by atoms with Crippen molar-refractivity contribution in [1.29, 1.82) is 0 Å². The fraction of sp³-hybridized carbons (Fsp3) is 0.524. The quantitative estimate of drug-likeness (QED) is 0.478. The molecule has 0 unspecified atom stereocenters. The van der Waals surface area contributed by atoms with Gasteiger partial charge >= 0.3 is 11.8 Å². The van der Waals surface area contributed by atoms with Crippen LogP contribution in [-0.4, -0.2) is 58.6 Å². The number of carbonyl (C=O) groups is 3. The summed E-state index contributed by atoms with van der Waals surface area (Å²) < 4.78 is 52.8. The first-order valence-electron chi connectivity index (χ1n) is 10.4. The highest BCUT2D eigenvalue weighted by molar-refractivity contribution is 7.59. The molecule has 34 heavy (non-hydrogen) atoms. The van der Waals surface area contributed by atoms with Gasteiger partial charge in [-0.1, -0.05) is 0 Å². The van der Waals surface area contributed by atoms with Gasteiger partial charge in [0, 0.05) is 44.5 Å². The number of Topliss-reactive ketones (excluding diaryl/α,β-unsaturated/α-hetero) is 1. The lowest BCUT2D eigenvalue weighted by Gasteiger charge is -2.47. The maximum absolute atomic E-state index is 13.6. The number of halogens is 4. The van der Waals surface area contributed by atoms with Crippen LogP contribution in [0.15, 0.2) is 40.3 Å². The van der Waals surface area contributed by atoms with E-state index in [1.54, 1.807) is 0 Å². The summed E-state index contributed by atoms with van der Waals surface area (Å²) in [6, 6.07) is 2.63. The van der Waals surface area contributed by atoms with E-state index in [2.05, 4.69) is 20.5 Å². The van der Waals surface area contributed by atoms with Crippen LogP contribution in [-0.2, 0) is 20.8 Å². The Kier molecular flexibility index (Phi) is 7.44. The van der Waals surface area contributed by atoms with Gasteiger partial charge in [0.25, 0.3) is 12.3 Å². The van der Waals surface area contributed by atoms with Crippen molar-refractivity contribution in [2.75, 3.05) is 19.6 Å². The number of amides is 2. The van der Waals surface area contributed by atoms with E-state index in [4.69, 9.17) is 0 Å². The van der Waals surface area contributed by atoms with Gasteiger partial charge in [-0.15, -0.1) is 0 Å². The smallest absolute Gasteiger partial charge is 0.311 e. The largest absolute Gasteiger partial charge is 0.336 e. The van der Waals surface area contributed by atoms with E-state index < -0.39 is 54.2 Å². The molecule has 0 spiro atoms. The lowest BCUT2D eigenvalue weighted by molar-refractivity contribution is -0.153. The number of likely N-dealkylation sites (tertiary alicyclic amines) is 1. The first-order chi connectivity index (χ1) is 15.6. The predicted molar refractivity (Wildman–Crippen MR) is 116 cm³/mol. The highest BCUT2D eigenvalue weighted by atomic mass is 32.1. The molecule has 0 bridgehead atoms. The van der Waals surface area contributed by atoms with Crippen LogP contribution in [0.5, 0.6) is 0 Å². The van der Waals surface area contributed by atoms with Gasteiger partial charge < -0.3 is 10.2 Å². The summed E-state index contributed by atoms with van der Waals surface area (Å²) in [6.07, 6.45) is -1.14. The fourth-order valence-corrected chi connectivity index (χ4v) is 4.43. The van der Waals surface area contributed by atoms with Gasteiger partial charge in [-0.05, 0) is 30.2 Å². The minimum absolute atomic E-state index is 0.